The Labute approximate surface area is 331 Å². The third-order valence-corrected chi connectivity index (χ3v) is 10.6. The number of nitrogen functional groups attached to an aromatic ring is 1. The summed E-state index contributed by atoms with van der Waals surface area (Å²) in [6, 6.07) is 33.4. The molecule has 8 N–H and O–H groups in total. The van der Waals surface area contributed by atoms with Gasteiger partial charge in [0.05, 0.1) is 18.6 Å². The first-order valence-corrected chi connectivity index (χ1v) is 19.9. The first-order chi connectivity index (χ1) is 27.4. The van der Waals surface area contributed by atoms with Crippen molar-refractivity contribution in [3.63, 3.8) is 0 Å². The summed E-state index contributed by atoms with van der Waals surface area (Å²) in [5.74, 6) is -2.39. The molecule has 2 atom stereocenters. The van der Waals surface area contributed by atoms with E-state index >= 15 is 0 Å². The molecule has 13 nitrogen and oxygen atoms in total. The zero-order chi connectivity index (χ0) is 40.4. The van der Waals surface area contributed by atoms with Crippen LogP contribution in [0.4, 0.5) is 5.69 Å². The molecule has 1 heterocycles. The minimum Gasteiger partial charge on any atom is -0.384 e. The Kier molecular flexibility index (Phi) is 12.9. The quantitative estimate of drug-likeness (QED) is 0.0918. The summed E-state index contributed by atoms with van der Waals surface area (Å²) in [7, 11) is -4.13. The highest BCUT2D eigenvalue weighted by Gasteiger charge is 2.31. The first-order valence-electron chi connectivity index (χ1n) is 18.3. The molecule has 57 heavy (non-hydrogen) atoms. The Morgan fingerprint density at radius 3 is 2.14 bits per heavy atom. The molecule has 0 saturated carbocycles. The first kappa shape index (κ1) is 40.0. The lowest BCUT2D eigenvalue weighted by Crippen LogP contribution is -2.51. The SMILES string of the molecule is N=C(N)c1ccc(CNC(=O)[C@@H]2Cc3cccc(c3)NC(=O)Cc3cccc(c3)CC(=O)NCc3cccc(c3)C(NS(=O)(=O)Cc3ccccc3)C(=O)N2)cc1. The molecular formula is C43H43N7O6S. The zero-order valence-corrected chi connectivity index (χ0v) is 31.8. The average Bonchev–Trinajstić information content (AvgIpc) is 3.18. The van der Waals surface area contributed by atoms with E-state index in [0.717, 1.165) is 11.1 Å². The fraction of sp³-hybridized carbons (Fsp3) is 0.186. The number of amidine groups is 1. The van der Waals surface area contributed by atoms with Crippen LogP contribution in [-0.4, -0.2) is 43.9 Å². The molecule has 5 aromatic rings. The van der Waals surface area contributed by atoms with Crippen molar-refractivity contribution in [1.29, 1.82) is 5.41 Å². The molecule has 0 saturated heterocycles. The van der Waals surface area contributed by atoms with Gasteiger partial charge < -0.3 is 27.0 Å². The average molecular weight is 786 g/mol. The van der Waals surface area contributed by atoms with Crippen LogP contribution in [0.3, 0.4) is 0 Å². The third-order valence-electron chi connectivity index (χ3n) is 9.27. The Balaban J connectivity index is 1.35. The predicted octanol–water partition coefficient (Wildman–Crippen LogP) is 3.53. The lowest BCUT2D eigenvalue weighted by Gasteiger charge is -2.24. The Morgan fingerprint density at radius 2 is 1.40 bits per heavy atom. The van der Waals surface area contributed by atoms with Gasteiger partial charge in [0.2, 0.25) is 33.7 Å². The smallest absolute Gasteiger partial charge is 0.243 e. The van der Waals surface area contributed by atoms with Crippen LogP contribution in [0.25, 0.3) is 0 Å². The van der Waals surface area contributed by atoms with E-state index in [-0.39, 0.29) is 50.0 Å². The largest absolute Gasteiger partial charge is 0.384 e. The molecule has 6 rings (SSSR count). The van der Waals surface area contributed by atoms with Gasteiger partial charge in [-0.05, 0) is 51.1 Å². The van der Waals surface area contributed by atoms with Crippen molar-refractivity contribution in [2.24, 2.45) is 5.73 Å². The molecule has 1 aliphatic heterocycles. The van der Waals surface area contributed by atoms with E-state index in [1.165, 1.54) is 0 Å². The predicted molar refractivity (Wildman–Crippen MR) is 217 cm³/mol. The van der Waals surface area contributed by atoms with Crippen LogP contribution >= 0.6 is 0 Å². The van der Waals surface area contributed by atoms with Crippen LogP contribution in [0, 0.1) is 5.41 Å². The second-order valence-corrected chi connectivity index (χ2v) is 15.6. The lowest BCUT2D eigenvalue weighted by atomic mass is 10.0. The van der Waals surface area contributed by atoms with Gasteiger partial charge in [-0.25, -0.2) is 8.42 Å². The highest BCUT2D eigenvalue weighted by Crippen LogP contribution is 2.20. The molecule has 0 aromatic heterocycles. The van der Waals surface area contributed by atoms with Gasteiger partial charge in [-0.2, -0.15) is 4.72 Å². The van der Waals surface area contributed by atoms with Crippen molar-refractivity contribution >= 4 is 45.2 Å². The van der Waals surface area contributed by atoms with Crippen LogP contribution in [-0.2, 0) is 67.3 Å². The Morgan fingerprint density at radius 1 is 0.737 bits per heavy atom. The summed E-state index contributed by atoms with van der Waals surface area (Å²) in [5, 5.41) is 19.1. The molecule has 0 spiro atoms. The zero-order valence-electron chi connectivity index (χ0n) is 31.0. The summed E-state index contributed by atoms with van der Waals surface area (Å²) >= 11 is 0. The molecule has 1 unspecified atom stereocenters. The Hall–Kier alpha value is -6.64. The topological polar surface area (TPSA) is 212 Å². The van der Waals surface area contributed by atoms with Crippen molar-refractivity contribution in [3.05, 3.63) is 172 Å². The number of carbonyl (C=O) groups is 4. The minimum atomic E-state index is -4.13. The minimum absolute atomic E-state index is 0.0117. The monoisotopic (exact) mass is 785 g/mol. The van der Waals surface area contributed by atoms with Crippen molar-refractivity contribution in [1.82, 2.24) is 20.7 Å². The number of anilines is 1. The fourth-order valence-corrected chi connectivity index (χ4v) is 7.77. The van der Waals surface area contributed by atoms with Crippen LogP contribution < -0.4 is 31.7 Å². The number of amides is 4. The molecule has 1 aliphatic rings. The number of sulfonamides is 1. The lowest BCUT2D eigenvalue weighted by molar-refractivity contribution is -0.130. The van der Waals surface area contributed by atoms with E-state index in [9.17, 15) is 27.6 Å². The molecule has 5 aromatic carbocycles. The number of hydrogen-bond donors (Lipinski definition) is 7. The summed E-state index contributed by atoms with van der Waals surface area (Å²) in [4.78, 5) is 54.5. The second-order valence-electron chi connectivity index (χ2n) is 13.8. The normalized spacial score (nSPS) is 16.5. The number of fused-ring (bicyclic) bond motifs is 6. The van der Waals surface area contributed by atoms with E-state index in [1.54, 1.807) is 109 Å². The van der Waals surface area contributed by atoms with Crippen molar-refractivity contribution in [3.8, 4) is 0 Å². The van der Waals surface area contributed by atoms with Crippen LogP contribution in [0.15, 0.2) is 127 Å². The highest BCUT2D eigenvalue weighted by atomic mass is 32.2. The van der Waals surface area contributed by atoms with Gasteiger partial charge in [0, 0.05) is 30.8 Å². The maximum absolute atomic E-state index is 14.4. The van der Waals surface area contributed by atoms with Crippen molar-refractivity contribution in [2.75, 3.05) is 5.32 Å². The van der Waals surface area contributed by atoms with Gasteiger partial charge in [0.15, 0.2) is 0 Å². The number of benzene rings is 5. The molecule has 14 heteroatoms. The third kappa shape index (κ3) is 11.7. The molecule has 0 aliphatic carbocycles. The van der Waals surface area contributed by atoms with Gasteiger partial charge >= 0.3 is 0 Å². The van der Waals surface area contributed by atoms with E-state index < -0.39 is 39.7 Å². The number of nitrogens with two attached hydrogens (primary N) is 1. The maximum Gasteiger partial charge on any atom is 0.243 e. The summed E-state index contributed by atoms with van der Waals surface area (Å²) in [6.07, 6.45) is 0.110. The van der Waals surface area contributed by atoms with Crippen LogP contribution in [0.5, 0.6) is 0 Å². The van der Waals surface area contributed by atoms with Gasteiger partial charge in [0.25, 0.3) is 0 Å². The summed E-state index contributed by atoms with van der Waals surface area (Å²) < 4.78 is 29.9. The summed E-state index contributed by atoms with van der Waals surface area (Å²) in [5.41, 5.74) is 10.8. The van der Waals surface area contributed by atoms with Gasteiger partial charge in [-0.3, -0.25) is 24.6 Å². The standard InChI is InChI=1S/C43H43N7O6S/c44-41(45)34-17-15-28(16-18-34)25-47-42(53)37-22-32-11-6-14-36(21-32)48-39(52)24-31-10-4-9-30(19-31)23-38(51)46-26-33-12-5-13-35(20-33)40(43(54)49-37)50-57(55,56)27-29-7-2-1-3-8-29/h1-21,37,40,50H,22-27H2,(H3,44,45)(H,46,51)(H,47,53)(H,48,52)(H,49,54)/t37-,40?/m0/s1. The number of nitrogens with one attached hydrogen (secondary N) is 6. The maximum atomic E-state index is 14.4. The van der Waals surface area contributed by atoms with Crippen LogP contribution in [0.1, 0.15) is 50.5 Å². The Bertz CT molecular complexity index is 2390. The molecule has 292 valence electrons. The van der Waals surface area contributed by atoms with Gasteiger partial charge in [0.1, 0.15) is 17.9 Å². The van der Waals surface area contributed by atoms with E-state index in [0.29, 0.717) is 39.1 Å². The van der Waals surface area contributed by atoms with Crippen LogP contribution in [0.2, 0.25) is 0 Å². The molecule has 4 amide bonds. The van der Waals surface area contributed by atoms with E-state index in [2.05, 4.69) is 26.0 Å². The second kappa shape index (κ2) is 18.3. The van der Waals surface area contributed by atoms with Gasteiger partial charge in [-0.15, -0.1) is 0 Å². The molecular weight excluding hydrogens is 743 g/mol. The molecule has 0 fully saturated rings. The number of carbonyl (C=O) groups excluding carboxylic acids is 4. The van der Waals surface area contributed by atoms with Crippen molar-refractivity contribution in [2.45, 2.75) is 50.2 Å². The van der Waals surface area contributed by atoms with Crippen molar-refractivity contribution < 1.29 is 27.6 Å². The van der Waals surface area contributed by atoms with Gasteiger partial charge in [-0.1, -0.05) is 115 Å². The fourth-order valence-electron chi connectivity index (χ4n) is 6.45. The molecule has 6 bridgehead atoms. The van der Waals surface area contributed by atoms with E-state index in [1.807, 2.05) is 18.2 Å². The highest BCUT2D eigenvalue weighted by molar-refractivity contribution is 7.88. The number of hydrogen-bond acceptors (Lipinski definition) is 7. The summed E-state index contributed by atoms with van der Waals surface area (Å²) in [6.45, 7) is 0.176. The van der Waals surface area contributed by atoms with E-state index in [4.69, 9.17) is 11.1 Å². The number of rotatable bonds is 8. The molecule has 0 radical (unpaired) electrons.